The van der Waals surface area contributed by atoms with Crippen LogP contribution in [0.3, 0.4) is 0 Å². The summed E-state index contributed by atoms with van der Waals surface area (Å²) in [6.45, 7) is 2.11. The minimum Gasteiger partial charge on any atom is -0.385 e. The van der Waals surface area contributed by atoms with Crippen LogP contribution in [0.5, 0.6) is 0 Å². The molecule has 7 unspecified atom stereocenters. The molecule has 2 aliphatic carbocycles. The van der Waals surface area contributed by atoms with E-state index in [1.54, 1.807) is 0 Å². The van der Waals surface area contributed by atoms with Crippen LogP contribution < -0.4 is 5.73 Å². The summed E-state index contributed by atoms with van der Waals surface area (Å²) in [5.41, 5.74) is 5.01. The molecule has 3 nitrogen and oxygen atoms in total. The van der Waals surface area contributed by atoms with Gasteiger partial charge in [0.2, 0.25) is 0 Å². The van der Waals surface area contributed by atoms with Gasteiger partial charge >= 0.3 is 0 Å². The van der Waals surface area contributed by atoms with Crippen LogP contribution in [0.2, 0.25) is 0 Å². The van der Waals surface area contributed by atoms with Crippen molar-refractivity contribution < 1.29 is 9.50 Å². The maximum Gasteiger partial charge on any atom is 0.130 e. The third kappa shape index (κ3) is 2.78. The molecule has 22 heavy (non-hydrogen) atoms. The minimum atomic E-state index is -1.17. The lowest BCUT2D eigenvalue weighted by Gasteiger charge is -2.46. The van der Waals surface area contributed by atoms with E-state index in [1.807, 2.05) is 11.8 Å². The third-order valence-corrected chi connectivity index (χ3v) is 7.42. The van der Waals surface area contributed by atoms with Crippen molar-refractivity contribution in [2.75, 3.05) is 5.75 Å². The Balaban J connectivity index is 1.90. The van der Waals surface area contributed by atoms with E-state index in [1.165, 1.54) is 0 Å². The Morgan fingerprint density at radius 2 is 2.09 bits per heavy atom. The highest BCUT2D eigenvalue weighted by molar-refractivity contribution is 7.99. The molecule has 1 heterocycles. The Labute approximate surface area is 141 Å². The molecule has 3 N–H and O–H groups in total. The van der Waals surface area contributed by atoms with E-state index in [0.717, 1.165) is 31.4 Å². The molecular weight excluding hydrogens is 323 g/mol. The van der Waals surface area contributed by atoms with Crippen LogP contribution in [0.4, 0.5) is 4.39 Å². The van der Waals surface area contributed by atoms with Crippen molar-refractivity contribution in [1.29, 1.82) is 0 Å². The number of aliphatic imine (C=N–C) groups is 1. The fourth-order valence-electron chi connectivity index (χ4n) is 4.64. The molecule has 6 heteroatoms. The topological polar surface area (TPSA) is 58.6 Å². The summed E-state index contributed by atoms with van der Waals surface area (Å²) in [6, 6.07) is 0.0623. The van der Waals surface area contributed by atoms with E-state index in [9.17, 15) is 9.50 Å². The predicted octanol–water partition coefficient (Wildman–Crippen LogP) is 3.12. The fourth-order valence-corrected chi connectivity index (χ4v) is 6.24. The number of amidine groups is 1. The Morgan fingerprint density at radius 3 is 2.82 bits per heavy atom. The molecule has 1 aliphatic heterocycles. The zero-order valence-electron chi connectivity index (χ0n) is 13.0. The van der Waals surface area contributed by atoms with Gasteiger partial charge in [-0.05, 0) is 44.3 Å². The van der Waals surface area contributed by atoms with E-state index >= 15 is 0 Å². The lowest BCUT2D eigenvalue weighted by Crippen LogP contribution is -2.59. The first-order valence-electron chi connectivity index (χ1n) is 8.42. The maximum atomic E-state index is 14.1. The molecule has 0 bridgehead atoms. The van der Waals surface area contributed by atoms with Crippen LogP contribution in [0.1, 0.15) is 45.4 Å². The standard InChI is InChI=1S/C16H26ClFN2OS/c1-2-22-14-6-4-10(18)8-12(14)16(21)11-7-9(17)3-5-13(11)20-15(16)19/h9-14,21H,2-8H2,1H3,(H2,19,20). The largest absolute Gasteiger partial charge is 0.385 e. The molecule has 2 fully saturated rings. The number of nitrogens with zero attached hydrogens (tertiary/aromatic N) is 1. The van der Waals surface area contributed by atoms with Gasteiger partial charge in [-0.3, -0.25) is 4.99 Å². The average Bonchev–Trinajstić information content (AvgIpc) is 2.74. The van der Waals surface area contributed by atoms with E-state index in [2.05, 4.69) is 11.9 Å². The van der Waals surface area contributed by atoms with Crippen LogP contribution in [0, 0.1) is 11.8 Å². The van der Waals surface area contributed by atoms with Gasteiger partial charge in [0.15, 0.2) is 0 Å². The van der Waals surface area contributed by atoms with Gasteiger partial charge in [-0.2, -0.15) is 11.8 Å². The van der Waals surface area contributed by atoms with Crippen LogP contribution in [-0.4, -0.2) is 45.1 Å². The van der Waals surface area contributed by atoms with Crippen molar-refractivity contribution in [3.05, 3.63) is 0 Å². The number of thioether (sulfide) groups is 1. The SMILES string of the molecule is CCSC1CCC(F)CC1C1(O)C(N)=NC2CCC(Cl)CC21. The number of alkyl halides is 2. The molecule has 2 saturated carbocycles. The molecule has 0 aromatic rings. The van der Waals surface area contributed by atoms with Gasteiger partial charge in [0, 0.05) is 22.5 Å². The van der Waals surface area contributed by atoms with Gasteiger partial charge < -0.3 is 10.8 Å². The van der Waals surface area contributed by atoms with Crippen LogP contribution >= 0.6 is 23.4 Å². The summed E-state index contributed by atoms with van der Waals surface area (Å²) in [6.07, 6.45) is 3.46. The second-order valence-electron chi connectivity index (χ2n) is 6.93. The molecule has 126 valence electrons. The molecule has 3 rings (SSSR count). The number of aliphatic hydroxyl groups is 1. The molecule has 3 aliphatic rings. The number of hydrogen-bond donors (Lipinski definition) is 2. The summed E-state index contributed by atoms with van der Waals surface area (Å²) < 4.78 is 14.1. The average molecular weight is 349 g/mol. The quantitative estimate of drug-likeness (QED) is 0.770. The number of nitrogens with two attached hydrogens (primary N) is 1. The smallest absolute Gasteiger partial charge is 0.130 e. The molecule has 0 aromatic carbocycles. The number of halogens is 2. The van der Waals surface area contributed by atoms with Gasteiger partial charge in [0.25, 0.3) is 0 Å². The fraction of sp³-hybridized carbons (Fsp3) is 0.938. The van der Waals surface area contributed by atoms with E-state index in [0.29, 0.717) is 18.7 Å². The van der Waals surface area contributed by atoms with Gasteiger partial charge in [-0.25, -0.2) is 4.39 Å². The first-order chi connectivity index (χ1) is 10.5. The van der Waals surface area contributed by atoms with Crippen molar-refractivity contribution in [2.24, 2.45) is 22.6 Å². The zero-order valence-corrected chi connectivity index (χ0v) is 14.6. The Hall–Kier alpha value is -0.0000000000000000555. The maximum absolute atomic E-state index is 14.1. The van der Waals surface area contributed by atoms with E-state index < -0.39 is 11.8 Å². The highest BCUT2D eigenvalue weighted by Crippen LogP contribution is 2.50. The van der Waals surface area contributed by atoms with Crippen LogP contribution in [0.15, 0.2) is 4.99 Å². The summed E-state index contributed by atoms with van der Waals surface area (Å²) in [5, 5.41) is 11.8. The Morgan fingerprint density at radius 1 is 1.32 bits per heavy atom. The summed E-state index contributed by atoms with van der Waals surface area (Å²) in [4.78, 5) is 4.55. The highest BCUT2D eigenvalue weighted by atomic mass is 35.5. The Kier molecular flexibility index (Phi) is 4.96. The third-order valence-electron chi connectivity index (χ3n) is 5.70. The van der Waals surface area contributed by atoms with Crippen molar-refractivity contribution in [2.45, 2.75) is 73.9 Å². The molecule has 7 atom stereocenters. The Bertz CT molecular complexity index is 452. The zero-order chi connectivity index (χ0) is 15.9. The van der Waals surface area contributed by atoms with Gasteiger partial charge in [-0.15, -0.1) is 11.6 Å². The van der Waals surface area contributed by atoms with Crippen molar-refractivity contribution in [3.8, 4) is 0 Å². The number of hydrogen-bond acceptors (Lipinski definition) is 4. The normalized spacial score (nSPS) is 48.8. The lowest BCUT2D eigenvalue weighted by molar-refractivity contribution is -0.0368. The van der Waals surface area contributed by atoms with Crippen LogP contribution in [-0.2, 0) is 0 Å². The second-order valence-corrected chi connectivity index (χ2v) is 9.07. The molecule has 0 amide bonds. The summed E-state index contributed by atoms with van der Waals surface area (Å²) in [7, 11) is 0. The molecule has 0 aromatic heterocycles. The molecule has 0 spiro atoms. The monoisotopic (exact) mass is 348 g/mol. The van der Waals surface area contributed by atoms with E-state index in [4.69, 9.17) is 17.3 Å². The first kappa shape index (κ1) is 16.8. The van der Waals surface area contributed by atoms with Gasteiger partial charge in [-0.1, -0.05) is 6.92 Å². The summed E-state index contributed by atoms with van der Waals surface area (Å²) >= 11 is 8.16. The second kappa shape index (κ2) is 6.48. The molecular formula is C16H26ClFN2OS. The summed E-state index contributed by atoms with van der Waals surface area (Å²) in [5.74, 6) is 1.10. The van der Waals surface area contributed by atoms with Crippen molar-refractivity contribution in [1.82, 2.24) is 0 Å². The first-order valence-corrected chi connectivity index (χ1v) is 9.91. The number of fused-ring (bicyclic) bond motifs is 1. The van der Waals surface area contributed by atoms with Gasteiger partial charge in [0.1, 0.15) is 17.6 Å². The highest BCUT2D eigenvalue weighted by Gasteiger charge is 2.58. The number of rotatable bonds is 3. The lowest BCUT2D eigenvalue weighted by atomic mass is 9.65. The van der Waals surface area contributed by atoms with Crippen LogP contribution in [0.25, 0.3) is 0 Å². The molecule has 0 radical (unpaired) electrons. The minimum absolute atomic E-state index is 0.0426. The van der Waals surface area contributed by atoms with Crippen molar-refractivity contribution in [3.63, 3.8) is 0 Å². The predicted molar refractivity (Wildman–Crippen MR) is 91.5 cm³/mol. The van der Waals surface area contributed by atoms with E-state index in [-0.39, 0.29) is 28.5 Å². The van der Waals surface area contributed by atoms with Crippen molar-refractivity contribution >= 4 is 29.2 Å². The van der Waals surface area contributed by atoms with Gasteiger partial charge in [0.05, 0.1) is 6.04 Å². The molecule has 0 saturated heterocycles.